The van der Waals surface area contributed by atoms with E-state index in [-0.39, 0.29) is 0 Å². The van der Waals surface area contributed by atoms with Gasteiger partial charge in [0.2, 0.25) is 5.88 Å². The second-order valence-electron chi connectivity index (χ2n) is 2.97. The number of fused-ring (bicyclic) bond motifs is 1. The number of nitrogen functional groups attached to an aromatic ring is 1. The third kappa shape index (κ3) is 1.11. The molecule has 14 heavy (non-hydrogen) atoms. The fourth-order valence-corrected chi connectivity index (χ4v) is 1.57. The monoisotopic (exact) mass is 211 g/mol. The molecule has 2 aromatic heterocycles. The number of hydrogen-bond donors (Lipinski definition) is 1. The molecule has 4 nitrogen and oxygen atoms in total. The number of pyridine rings is 1. The molecule has 0 aliphatic carbocycles. The van der Waals surface area contributed by atoms with Gasteiger partial charge < -0.3 is 10.5 Å². The van der Waals surface area contributed by atoms with E-state index < -0.39 is 0 Å². The zero-order valence-electron chi connectivity index (χ0n) is 7.91. The quantitative estimate of drug-likeness (QED) is 0.784. The topological polar surface area (TPSA) is 52.5 Å². The Morgan fingerprint density at radius 3 is 2.86 bits per heavy atom. The summed E-state index contributed by atoms with van der Waals surface area (Å²) >= 11 is 5.98. The highest BCUT2D eigenvalue weighted by atomic mass is 35.5. The molecule has 5 heteroatoms. The summed E-state index contributed by atoms with van der Waals surface area (Å²) in [5.74, 6) is 1.18. The molecule has 0 bridgehead atoms. The first-order valence-corrected chi connectivity index (χ1v) is 4.50. The lowest BCUT2D eigenvalue weighted by molar-refractivity contribution is 0.393. The van der Waals surface area contributed by atoms with E-state index in [1.807, 2.05) is 6.92 Å². The number of aromatic nitrogens is 2. The van der Waals surface area contributed by atoms with Gasteiger partial charge in [0, 0.05) is 6.07 Å². The number of halogens is 1. The van der Waals surface area contributed by atoms with E-state index in [0.29, 0.717) is 22.4 Å². The lowest BCUT2D eigenvalue weighted by Gasteiger charge is -2.05. The van der Waals surface area contributed by atoms with Crippen LogP contribution in [-0.4, -0.2) is 16.5 Å². The summed E-state index contributed by atoms with van der Waals surface area (Å²) in [6.07, 6.45) is 0. The fraction of sp³-hybridized carbons (Fsp3) is 0.222. The van der Waals surface area contributed by atoms with Gasteiger partial charge in [-0.25, -0.2) is 9.38 Å². The number of imidazole rings is 1. The molecular weight excluding hydrogens is 202 g/mol. The summed E-state index contributed by atoms with van der Waals surface area (Å²) in [6.45, 7) is 1.83. The Morgan fingerprint density at radius 1 is 1.50 bits per heavy atom. The van der Waals surface area contributed by atoms with Crippen LogP contribution in [0, 0.1) is 6.92 Å². The van der Waals surface area contributed by atoms with E-state index in [1.165, 1.54) is 0 Å². The third-order valence-electron chi connectivity index (χ3n) is 2.11. The molecular formula is C9H10ClN3O. The molecule has 2 aromatic rings. The average molecular weight is 212 g/mol. The second-order valence-corrected chi connectivity index (χ2v) is 3.37. The molecule has 0 radical (unpaired) electrons. The van der Waals surface area contributed by atoms with Gasteiger partial charge in [0.05, 0.1) is 17.8 Å². The zero-order valence-corrected chi connectivity index (χ0v) is 8.67. The van der Waals surface area contributed by atoms with Gasteiger partial charge in [-0.2, -0.15) is 0 Å². The van der Waals surface area contributed by atoms with Crippen molar-refractivity contribution in [1.29, 1.82) is 0 Å². The molecule has 0 fully saturated rings. The Labute approximate surface area is 86.3 Å². The molecule has 0 unspecified atom stereocenters. The molecule has 2 heterocycles. The number of hydrogen-bond acceptors (Lipinski definition) is 3. The van der Waals surface area contributed by atoms with E-state index in [4.69, 9.17) is 22.1 Å². The van der Waals surface area contributed by atoms with Gasteiger partial charge in [-0.05, 0) is 13.0 Å². The summed E-state index contributed by atoms with van der Waals surface area (Å²) in [4.78, 5) is 4.25. The van der Waals surface area contributed by atoms with Gasteiger partial charge in [0.15, 0.2) is 5.65 Å². The van der Waals surface area contributed by atoms with Gasteiger partial charge in [0.1, 0.15) is 5.82 Å². The Morgan fingerprint density at radius 2 is 2.21 bits per heavy atom. The van der Waals surface area contributed by atoms with Gasteiger partial charge in [-0.1, -0.05) is 11.6 Å². The van der Waals surface area contributed by atoms with Crippen molar-refractivity contribution in [3.8, 4) is 5.88 Å². The van der Waals surface area contributed by atoms with Crippen LogP contribution in [0.2, 0.25) is 5.02 Å². The predicted molar refractivity (Wildman–Crippen MR) is 55.9 cm³/mol. The van der Waals surface area contributed by atoms with E-state index in [9.17, 15) is 0 Å². The summed E-state index contributed by atoms with van der Waals surface area (Å²) in [7, 11) is 1.58. The third-order valence-corrected chi connectivity index (χ3v) is 2.41. The van der Waals surface area contributed by atoms with Gasteiger partial charge in [-0.15, -0.1) is 0 Å². The van der Waals surface area contributed by atoms with Crippen LogP contribution >= 0.6 is 11.6 Å². The van der Waals surface area contributed by atoms with Crippen molar-refractivity contribution in [1.82, 2.24) is 9.38 Å². The maximum absolute atomic E-state index is 5.98. The smallest absolute Gasteiger partial charge is 0.200 e. The van der Waals surface area contributed by atoms with Crippen LogP contribution in [-0.2, 0) is 0 Å². The first-order valence-electron chi connectivity index (χ1n) is 4.12. The van der Waals surface area contributed by atoms with Crippen LogP contribution in [0.1, 0.15) is 5.69 Å². The number of methoxy groups -OCH3 is 1. The van der Waals surface area contributed by atoms with Crippen molar-refractivity contribution < 1.29 is 4.74 Å². The van der Waals surface area contributed by atoms with Crippen LogP contribution in [0.25, 0.3) is 5.65 Å². The highest BCUT2D eigenvalue weighted by molar-refractivity contribution is 6.33. The van der Waals surface area contributed by atoms with Crippen molar-refractivity contribution in [2.24, 2.45) is 0 Å². The highest BCUT2D eigenvalue weighted by Crippen LogP contribution is 2.26. The molecule has 2 rings (SSSR count). The number of rotatable bonds is 1. The number of nitrogens with zero attached hydrogens (tertiary/aromatic N) is 2. The molecule has 0 spiro atoms. The number of aryl methyl sites for hydroxylation is 1. The predicted octanol–water partition coefficient (Wildman–Crippen LogP) is 1.89. The van der Waals surface area contributed by atoms with Crippen LogP contribution < -0.4 is 10.5 Å². The molecule has 0 aromatic carbocycles. The van der Waals surface area contributed by atoms with Crippen molar-refractivity contribution in [3.05, 3.63) is 22.8 Å². The van der Waals surface area contributed by atoms with Crippen LogP contribution in [0.3, 0.4) is 0 Å². The number of anilines is 1. The van der Waals surface area contributed by atoms with E-state index in [0.717, 1.165) is 5.69 Å². The van der Waals surface area contributed by atoms with E-state index in [2.05, 4.69) is 4.98 Å². The summed E-state index contributed by atoms with van der Waals surface area (Å²) in [5.41, 5.74) is 7.22. The van der Waals surface area contributed by atoms with Crippen molar-refractivity contribution in [2.45, 2.75) is 6.92 Å². The van der Waals surface area contributed by atoms with E-state index in [1.54, 1.807) is 23.6 Å². The van der Waals surface area contributed by atoms with Gasteiger partial charge in [0.25, 0.3) is 0 Å². The van der Waals surface area contributed by atoms with Gasteiger partial charge >= 0.3 is 0 Å². The minimum atomic E-state index is 0.555. The molecule has 0 saturated heterocycles. The molecule has 0 saturated carbocycles. The normalized spacial score (nSPS) is 10.8. The van der Waals surface area contributed by atoms with E-state index >= 15 is 0 Å². The Balaban J connectivity index is 2.92. The minimum absolute atomic E-state index is 0.555. The second kappa shape index (κ2) is 3.06. The zero-order chi connectivity index (χ0) is 10.3. The van der Waals surface area contributed by atoms with Crippen molar-refractivity contribution in [2.75, 3.05) is 12.8 Å². The standard InChI is InChI=1S/C9H10ClN3O/c1-5-8(11)13-7(14-2)4-3-6(10)9(13)12-5/h3-4H,11H2,1-2H3. The lowest BCUT2D eigenvalue weighted by atomic mass is 10.4. The first kappa shape index (κ1) is 9.15. The number of nitrogens with two attached hydrogens (primary N) is 1. The Kier molecular flexibility index (Phi) is 2.00. The molecule has 0 atom stereocenters. The minimum Gasteiger partial charge on any atom is -0.482 e. The number of ether oxygens (including phenoxy) is 1. The van der Waals surface area contributed by atoms with Crippen molar-refractivity contribution in [3.63, 3.8) is 0 Å². The maximum Gasteiger partial charge on any atom is 0.200 e. The molecule has 74 valence electrons. The summed E-state index contributed by atoms with van der Waals surface area (Å²) < 4.78 is 6.85. The van der Waals surface area contributed by atoms with Crippen LogP contribution in [0.5, 0.6) is 5.88 Å². The summed E-state index contributed by atoms with van der Waals surface area (Å²) in [5, 5.41) is 0.561. The lowest BCUT2D eigenvalue weighted by Crippen LogP contribution is -1.98. The first-order chi connectivity index (χ1) is 6.65. The molecule has 0 aliphatic rings. The van der Waals surface area contributed by atoms with Gasteiger partial charge in [-0.3, -0.25) is 0 Å². The largest absolute Gasteiger partial charge is 0.482 e. The maximum atomic E-state index is 5.98. The Hall–Kier alpha value is -1.42. The average Bonchev–Trinajstić information content (AvgIpc) is 2.47. The van der Waals surface area contributed by atoms with Crippen LogP contribution in [0.15, 0.2) is 12.1 Å². The van der Waals surface area contributed by atoms with Crippen molar-refractivity contribution >= 4 is 23.1 Å². The highest BCUT2D eigenvalue weighted by Gasteiger charge is 2.11. The fourth-order valence-electron chi connectivity index (χ4n) is 1.38. The summed E-state index contributed by atoms with van der Waals surface area (Å²) in [6, 6.07) is 3.49. The molecule has 0 aliphatic heterocycles. The molecule has 2 N–H and O–H groups in total. The molecule has 0 amide bonds. The Bertz CT molecular complexity index is 492. The SMILES string of the molecule is COc1ccc(Cl)c2nc(C)c(N)n12. The van der Waals surface area contributed by atoms with Crippen LogP contribution in [0.4, 0.5) is 5.82 Å².